The van der Waals surface area contributed by atoms with Crippen molar-refractivity contribution in [3.05, 3.63) is 59.7 Å². The van der Waals surface area contributed by atoms with E-state index in [9.17, 15) is 0 Å². The summed E-state index contributed by atoms with van der Waals surface area (Å²) in [4.78, 5) is 2.23. The fraction of sp³-hybridized carbons (Fsp3) is 0.368. The van der Waals surface area contributed by atoms with E-state index in [1.54, 1.807) is 7.11 Å². The summed E-state index contributed by atoms with van der Waals surface area (Å²) in [5.74, 6) is 0.938. The minimum Gasteiger partial charge on any atom is -0.495 e. The van der Waals surface area contributed by atoms with Crippen LogP contribution in [0, 0.1) is 0 Å². The van der Waals surface area contributed by atoms with Gasteiger partial charge >= 0.3 is 0 Å². The molecular weight excluding hydrogens is 272 g/mol. The van der Waals surface area contributed by atoms with Gasteiger partial charge in [0.05, 0.1) is 12.8 Å². The molecule has 116 valence electrons. The maximum atomic E-state index is 5.60. The van der Waals surface area contributed by atoms with E-state index in [1.807, 2.05) is 6.07 Å². The van der Waals surface area contributed by atoms with E-state index in [0.29, 0.717) is 0 Å². The fourth-order valence-corrected chi connectivity index (χ4v) is 2.64. The number of nitrogens with zero attached hydrogens (tertiary/aromatic N) is 1. The minimum atomic E-state index is 0.728. The molecular formula is C19H24N2O. The molecule has 3 rings (SSSR count). The Bertz CT molecular complexity index is 608. The second kappa shape index (κ2) is 6.84. The predicted octanol–water partition coefficient (Wildman–Crippen LogP) is 3.58. The monoisotopic (exact) mass is 296 g/mol. The molecule has 2 aromatic rings. The van der Waals surface area contributed by atoms with Crippen molar-refractivity contribution < 1.29 is 4.74 Å². The van der Waals surface area contributed by atoms with Crippen molar-refractivity contribution in [3.63, 3.8) is 0 Å². The maximum absolute atomic E-state index is 5.60. The van der Waals surface area contributed by atoms with Crippen molar-refractivity contribution in [2.75, 3.05) is 19.1 Å². The molecule has 0 radical (unpaired) electrons. The highest BCUT2D eigenvalue weighted by atomic mass is 16.5. The van der Waals surface area contributed by atoms with Gasteiger partial charge in [-0.15, -0.1) is 0 Å². The molecule has 0 spiro atoms. The summed E-state index contributed by atoms with van der Waals surface area (Å²) in [6.45, 7) is 1.79. The van der Waals surface area contributed by atoms with Gasteiger partial charge in [0.2, 0.25) is 0 Å². The smallest absolute Gasteiger partial charge is 0.142 e. The minimum absolute atomic E-state index is 0.728. The first-order valence-electron chi connectivity index (χ1n) is 7.91. The molecule has 3 nitrogen and oxygen atoms in total. The third kappa shape index (κ3) is 3.80. The van der Waals surface area contributed by atoms with Crippen LogP contribution in [0.2, 0.25) is 0 Å². The second-order valence-corrected chi connectivity index (χ2v) is 6.00. The summed E-state index contributed by atoms with van der Waals surface area (Å²) in [6.07, 6.45) is 2.63. The van der Waals surface area contributed by atoms with Crippen LogP contribution in [0.15, 0.2) is 48.5 Å². The lowest BCUT2D eigenvalue weighted by Gasteiger charge is -2.22. The predicted molar refractivity (Wildman–Crippen MR) is 91.4 cm³/mol. The molecule has 0 aromatic heterocycles. The molecule has 0 atom stereocenters. The molecule has 22 heavy (non-hydrogen) atoms. The van der Waals surface area contributed by atoms with Crippen molar-refractivity contribution in [2.24, 2.45) is 0 Å². The molecule has 1 saturated carbocycles. The van der Waals surface area contributed by atoms with Gasteiger partial charge in [-0.1, -0.05) is 36.4 Å². The van der Waals surface area contributed by atoms with Crippen LogP contribution in [-0.4, -0.2) is 20.2 Å². The third-order valence-corrected chi connectivity index (χ3v) is 4.09. The van der Waals surface area contributed by atoms with Crippen LogP contribution in [0.4, 0.5) is 5.69 Å². The second-order valence-electron chi connectivity index (χ2n) is 6.00. The van der Waals surface area contributed by atoms with E-state index in [4.69, 9.17) is 4.74 Å². The van der Waals surface area contributed by atoms with E-state index < -0.39 is 0 Å². The molecule has 0 heterocycles. The van der Waals surface area contributed by atoms with Gasteiger partial charge in [0.1, 0.15) is 5.75 Å². The highest BCUT2D eigenvalue weighted by Crippen LogP contribution is 2.30. The van der Waals surface area contributed by atoms with E-state index in [2.05, 4.69) is 59.7 Å². The zero-order chi connectivity index (χ0) is 15.4. The van der Waals surface area contributed by atoms with Gasteiger partial charge in [0, 0.05) is 26.2 Å². The van der Waals surface area contributed by atoms with Crippen LogP contribution >= 0.6 is 0 Å². The molecule has 0 amide bonds. The van der Waals surface area contributed by atoms with E-state index in [0.717, 1.165) is 30.6 Å². The van der Waals surface area contributed by atoms with Crippen LogP contribution in [0.25, 0.3) is 0 Å². The number of nitrogens with one attached hydrogen (secondary N) is 1. The van der Waals surface area contributed by atoms with Crippen molar-refractivity contribution in [1.29, 1.82) is 0 Å². The molecule has 0 aliphatic heterocycles. The van der Waals surface area contributed by atoms with E-state index in [-0.39, 0.29) is 0 Å². The lowest BCUT2D eigenvalue weighted by atomic mass is 10.1. The third-order valence-electron chi connectivity index (χ3n) is 4.09. The maximum Gasteiger partial charge on any atom is 0.142 e. The lowest BCUT2D eigenvalue weighted by molar-refractivity contribution is 0.414. The summed E-state index contributed by atoms with van der Waals surface area (Å²) in [7, 11) is 3.85. The zero-order valence-corrected chi connectivity index (χ0v) is 13.4. The van der Waals surface area contributed by atoms with Crippen LogP contribution in [0.1, 0.15) is 24.0 Å². The van der Waals surface area contributed by atoms with Crippen LogP contribution in [0.5, 0.6) is 5.75 Å². The van der Waals surface area contributed by atoms with Crippen molar-refractivity contribution in [3.8, 4) is 5.75 Å². The number of ether oxygens (including phenoxy) is 1. The summed E-state index contributed by atoms with van der Waals surface area (Å²) >= 11 is 0. The first-order chi connectivity index (χ1) is 10.8. The highest BCUT2D eigenvalue weighted by Gasteiger charge is 2.20. The van der Waals surface area contributed by atoms with Gasteiger partial charge in [-0.2, -0.15) is 0 Å². The topological polar surface area (TPSA) is 24.5 Å². The van der Waals surface area contributed by atoms with Gasteiger partial charge in [-0.05, 0) is 36.1 Å². The summed E-state index contributed by atoms with van der Waals surface area (Å²) in [5, 5.41) is 3.54. The van der Waals surface area contributed by atoms with Gasteiger partial charge in [-0.3, -0.25) is 0 Å². The Balaban J connectivity index is 1.71. The Morgan fingerprint density at radius 2 is 1.86 bits per heavy atom. The molecule has 1 aliphatic carbocycles. The quantitative estimate of drug-likeness (QED) is 0.845. The Morgan fingerprint density at radius 3 is 2.55 bits per heavy atom. The Kier molecular flexibility index (Phi) is 4.64. The Hall–Kier alpha value is -2.00. The van der Waals surface area contributed by atoms with Crippen molar-refractivity contribution >= 4 is 5.69 Å². The van der Waals surface area contributed by atoms with Crippen LogP contribution in [-0.2, 0) is 13.1 Å². The number of hydrogen-bond donors (Lipinski definition) is 1. The van der Waals surface area contributed by atoms with Gasteiger partial charge < -0.3 is 15.0 Å². The van der Waals surface area contributed by atoms with Crippen molar-refractivity contribution in [1.82, 2.24) is 5.32 Å². The zero-order valence-electron chi connectivity index (χ0n) is 13.4. The van der Waals surface area contributed by atoms with Gasteiger partial charge in [-0.25, -0.2) is 0 Å². The average Bonchev–Trinajstić information content (AvgIpc) is 3.38. The van der Waals surface area contributed by atoms with Gasteiger partial charge in [0.25, 0.3) is 0 Å². The largest absolute Gasteiger partial charge is 0.495 e. The lowest BCUT2D eigenvalue weighted by Crippen LogP contribution is -2.18. The number of benzene rings is 2. The summed E-state index contributed by atoms with van der Waals surface area (Å²) < 4.78 is 5.60. The fourth-order valence-electron chi connectivity index (χ4n) is 2.64. The highest BCUT2D eigenvalue weighted by molar-refractivity contribution is 5.59. The molecule has 0 saturated heterocycles. The molecule has 1 aliphatic rings. The summed E-state index contributed by atoms with van der Waals surface area (Å²) in [6, 6.07) is 17.7. The molecule has 1 fully saturated rings. The van der Waals surface area contributed by atoms with Crippen LogP contribution in [0.3, 0.4) is 0 Å². The Labute approximate surface area is 132 Å². The molecule has 2 aromatic carbocycles. The molecule has 0 bridgehead atoms. The normalized spacial score (nSPS) is 13.9. The first kappa shape index (κ1) is 14.9. The average molecular weight is 296 g/mol. The van der Waals surface area contributed by atoms with Gasteiger partial charge in [0.15, 0.2) is 0 Å². The number of rotatable bonds is 7. The van der Waals surface area contributed by atoms with Crippen LogP contribution < -0.4 is 15.0 Å². The van der Waals surface area contributed by atoms with E-state index >= 15 is 0 Å². The first-order valence-corrected chi connectivity index (χ1v) is 7.91. The Morgan fingerprint density at radius 1 is 1.09 bits per heavy atom. The van der Waals surface area contributed by atoms with E-state index in [1.165, 1.54) is 24.0 Å². The molecule has 0 unspecified atom stereocenters. The molecule has 3 heteroatoms. The standard InChI is InChI=1S/C19H24N2O/c1-21(14-15-6-4-3-5-7-15)18-11-8-16(12-19(18)22-2)13-20-17-9-10-17/h3-8,11-12,17,20H,9-10,13-14H2,1-2H3. The number of anilines is 1. The number of hydrogen-bond acceptors (Lipinski definition) is 3. The number of methoxy groups -OCH3 is 1. The summed E-state index contributed by atoms with van der Waals surface area (Å²) in [5.41, 5.74) is 3.70. The SMILES string of the molecule is COc1cc(CNC2CC2)ccc1N(C)Cc1ccccc1. The molecule has 1 N–H and O–H groups in total. The van der Waals surface area contributed by atoms with Crippen molar-refractivity contribution in [2.45, 2.75) is 32.0 Å².